The maximum absolute atomic E-state index is 13.1. The van der Waals surface area contributed by atoms with Crippen molar-refractivity contribution in [3.05, 3.63) is 23.8 Å². The van der Waals surface area contributed by atoms with Gasteiger partial charge in [-0.3, -0.25) is 0 Å². The quantitative estimate of drug-likeness (QED) is 0.595. The average Bonchev–Trinajstić information content (AvgIpc) is 2.25. The van der Waals surface area contributed by atoms with E-state index >= 15 is 0 Å². The molecule has 0 aliphatic heterocycles. The molecule has 0 saturated heterocycles. The van der Waals surface area contributed by atoms with Gasteiger partial charge in [0.25, 0.3) is 5.92 Å². The number of nitrogens with zero attached hydrogens (tertiary/aromatic N) is 2. The van der Waals surface area contributed by atoms with Gasteiger partial charge in [-0.25, -0.2) is 9.97 Å². The first kappa shape index (κ1) is 7.58. The van der Waals surface area contributed by atoms with Crippen LogP contribution in [0.5, 0.6) is 0 Å². The van der Waals surface area contributed by atoms with Crippen LogP contribution in [0.25, 0.3) is 0 Å². The molecule has 0 aromatic carbocycles. The molecule has 1 aromatic rings. The Balaban J connectivity index is 2.58. The minimum atomic E-state index is -2.75. The zero-order valence-electron chi connectivity index (χ0n) is 6.59. The number of hydrogen-bond acceptors (Lipinski definition) is 2. The van der Waals surface area contributed by atoms with E-state index in [0.717, 1.165) is 0 Å². The maximum Gasteiger partial charge on any atom is 0.290 e. The van der Waals surface area contributed by atoms with E-state index < -0.39 is 5.92 Å². The Hall–Kier alpha value is -1.06. The minimum Gasteiger partial charge on any atom is -0.244 e. The number of hydrogen-bond donors (Lipinski definition) is 0. The summed E-state index contributed by atoms with van der Waals surface area (Å²) < 4.78 is 26.2. The molecule has 0 saturated carbocycles. The lowest BCUT2D eigenvalue weighted by atomic mass is 10.1. The van der Waals surface area contributed by atoms with Crippen LogP contribution in [0.3, 0.4) is 0 Å². The summed E-state index contributed by atoms with van der Waals surface area (Å²) in [5, 5.41) is 0. The van der Waals surface area contributed by atoms with Gasteiger partial charge in [0, 0.05) is 18.2 Å². The van der Waals surface area contributed by atoms with E-state index in [2.05, 4.69) is 9.97 Å². The normalized spacial score (nSPS) is 25.4. The second-order valence-corrected chi connectivity index (χ2v) is 3.14. The molecule has 1 unspecified atom stereocenters. The molecule has 1 atom stereocenters. The van der Waals surface area contributed by atoms with E-state index in [1.165, 1.54) is 12.5 Å². The van der Waals surface area contributed by atoms with Crippen LogP contribution in [0.1, 0.15) is 30.5 Å². The molecule has 64 valence electrons. The number of aromatic nitrogens is 2. The van der Waals surface area contributed by atoms with Crippen molar-refractivity contribution in [1.29, 1.82) is 0 Å². The van der Waals surface area contributed by atoms with Crippen LogP contribution in [0.15, 0.2) is 12.5 Å². The highest BCUT2D eigenvalue weighted by Crippen LogP contribution is 2.46. The van der Waals surface area contributed by atoms with Gasteiger partial charge >= 0.3 is 0 Å². The van der Waals surface area contributed by atoms with E-state index in [4.69, 9.17) is 0 Å². The molecule has 1 aliphatic carbocycles. The first-order chi connectivity index (χ1) is 5.61. The molecule has 0 bridgehead atoms. The second kappa shape index (κ2) is 2.21. The molecule has 2 nitrogen and oxygen atoms in total. The number of rotatable bonds is 0. The third-order valence-corrected chi connectivity index (χ3v) is 2.18. The van der Waals surface area contributed by atoms with Gasteiger partial charge in [0.15, 0.2) is 0 Å². The van der Waals surface area contributed by atoms with Gasteiger partial charge in [0.1, 0.15) is 12.0 Å². The van der Waals surface area contributed by atoms with Crippen molar-refractivity contribution >= 4 is 0 Å². The first-order valence-corrected chi connectivity index (χ1v) is 3.79. The highest BCUT2D eigenvalue weighted by molar-refractivity contribution is 5.30. The van der Waals surface area contributed by atoms with Gasteiger partial charge in [0.05, 0.1) is 0 Å². The van der Waals surface area contributed by atoms with Crippen molar-refractivity contribution in [3.8, 4) is 0 Å². The third-order valence-electron chi connectivity index (χ3n) is 2.18. The molecular formula is C8H8F2N2. The van der Waals surface area contributed by atoms with Crippen LogP contribution in [0.4, 0.5) is 8.78 Å². The fourth-order valence-electron chi connectivity index (χ4n) is 1.60. The van der Waals surface area contributed by atoms with E-state index in [9.17, 15) is 8.78 Å². The van der Waals surface area contributed by atoms with Crippen LogP contribution in [0.2, 0.25) is 0 Å². The Kier molecular flexibility index (Phi) is 1.40. The van der Waals surface area contributed by atoms with Crippen LogP contribution in [-0.4, -0.2) is 9.97 Å². The van der Waals surface area contributed by atoms with Crippen molar-refractivity contribution < 1.29 is 8.78 Å². The molecule has 2 rings (SSSR count). The van der Waals surface area contributed by atoms with Gasteiger partial charge in [-0.15, -0.1) is 0 Å². The summed E-state index contributed by atoms with van der Waals surface area (Å²) in [5.41, 5.74) is 0.493. The maximum atomic E-state index is 13.1. The van der Waals surface area contributed by atoms with Crippen molar-refractivity contribution in [1.82, 2.24) is 9.97 Å². The monoisotopic (exact) mass is 170 g/mol. The fourth-order valence-corrected chi connectivity index (χ4v) is 1.60. The van der Waals surface area contributed by atoms with E-state index in [1.54, 1.807) is 6.92 Å². The van der Waals surface area contributed by atoms with Gasteiger partial charge in [0.2, 0.25) is 0 Å². The largest absolute Gasteiger partial charge is 0.290 e. The number of halogens is 2. The summed E-state index contributed by atoms with van der Waals surface area (Å²) in [6.45, 7) is 1.77. The summed E-state index contributed by atoms with van der Waals surface area (Å²) in [4.78, 5) is 7.33. The van der Waals surface area contributed by atoms with Crippen molar-refractivity contribution in [2.45, 2.75) is 25.2 Å². The molecule has 0 N–H and O–H groups in total. The Morgan fingerprint density at radius 3 is 3.00 bits per heavy atom. The van der Waals surface area contributed by atoms with Crippen molar-refractivity contribution in [2.75, 3.05) is 0 Å². The minimum absolute atomic E-state index is 0.0926. The van der Waals surface area contributed by atoms with Gasteiger partial charge in [-0.2, -0.15) is 8.78 Å². The second-order valence-electron chi connectivity index (χ2n) is 3.14. The smallest absolute Gasteiger partial charge is 0.244 e. The topological polar surface area (TPSA) is 25.8 Å². The van der Waals surface area contributed by atoms with Crippen LogP contribution in [-0.2, 0) is 5.92 Å². The number of alkyl halides is 2. The lowest BCUT2D eigenvalue weighted by Crippen LogP contribution is -2.09. The molecule has 12 heavy (non-hydrogen) atoms. The van der Waals surface area contributed by atoms with Crippen LogP contribution in [0, 0.1) is 0 Å². The summed E-state index contributed by atoms with van der Waals surface area (Å²) in [6.07, 6.45) is 2.51. The Morgan fingerprint density at radius 1 is 1.58 bits per heavy atom. The van der Waals surface area contributed by atoms with E-state index in [-0.39, 0.29) is 18.0 Å². The SMILES string of the molecule is CC1CC(F)(F)c2ncncc21. The van der Waals surface area contributed by atoms with Crippen LogP contribution >= 0.6 is 0 Å². The average molecular weight is 170 g/mol. The Bertz CT molecular complexity index is 312. The van der Waals surface area contributed by atoms with Gasteiger partial charge in [-0.05, 0) is 5.92 Å². The molecule has 4 heteroatoms. The number of fused-ring (bicyclic) bond motifs is 1. The van der Waals surface area contributed by atoms with E-state index in [1.807, 2.05) is 0 Å². The lowest BCUT2D eigenvalue weighted by molar-refractivity contribution is -0.00976. The third kappa shape index (κ3) is 0.906. The molecule has 0 amide bonds. The Morgan fingerprint density at radius 2 is 2.33 bits per heavy atom. The highest BCUT2D eigenvalue weighted by Gasteiger charge is 2.44. The molecule has 0 fully saturated rings. The van der Waals surface area contributed by atoms with E-state index in [0.29, 0.717) is 5.56 Å². The first-order valence-electron chi connectivity index (χ1n) is 3.79. The molecule has 0 radical (unpaired) electrons. The summed E-state index contributed by atoms with van der Waals surface area (Å²) in [7, 11) is 0. The summed E-state index contributed by atoms with van der Waals surface area (Å²) in [5.74, 6) is -2.88. The molecular weight excluding hydrogens is 162 g/mol. The summed E-state index contributed by atoms with van der Waals surface area (Å²) in [6, 6.07) is 0. The van der Waals surface area contributed by atoms with Crippen molar-refractivity contribution in [2.24, 2.45) is 0 Å². The van der Waals surface area contributed by atoms with Gasteiger partial charge < -0.3 is 0 Å². The highest BCUT2D eigenvalue weighted by atomic mass is 19.3. The zero-order chi connectivity index (χ0) is 8.77. The zero-order valence-corrected chi connectivity index (χ0v) is 6.59. The summed E-state index contributed by atoms with van der Waals surface area (Å²) >= 11 is 0. The predicted octanol–water partition coefficient (Wildman–Crippen LogP) is 2.08. The van der Waals surface area contributed by atoms with Crippen molar-refractivity contribution in [3.63, 3.8) is 0 Å². The van der Waals surface area contributed by atoms with Crippen LogP contribution < -0.4 is 0 Å². The lowest BCUT2D eigenvalue weighted by Gasteiger charge is -2.06. The molecule has 1 aliphatic rings. The molecule has 1 heterocycles. The molecule has 1 aromatic heterocycles. The Labute approximate surface area is 68.7 Å². The van der Waals surface area contributed by atoms with Gasteiger partial charge in [-0.1, -0.05) is 6.92 Å². The standard InChI is InChI=1S/C8H8F2N2/c1-5-2-8(9,10)7-6(5)3-11-4-12-7/h3-5H,2H2,1H3. The fraction of sp³-hybridized carbons (Fsp3) is 0.500. The molecule has 0 spiro atoms. The predicted molar refractivity (Wildman–Crippen MR) is 39.0 cm³/mol.